The average molecular weight is 791 g/mol. The van der Waals surface area contributed by atoms with Crippen molar-refractivity contribution in [3.63, 3.8) is 0 Å². The summed E-state index contributed by atoms with van der Waals surface area (Å²) in [5, 5.41) is 0. The van der Waals surface area contributed by atoms with Gasteiger partial charge in [0.1, 0.15) is 23.0 Å². The van der Waals surface area contributed by atoms with E-state index in [1.807, 2.05) is 14.2 Å². The van der Waals surface area contributed by atoms with E-state index in [2.05, 4.69) is 84.9 Å². The fourth-order valence-electron chi connectivity index (χ4n) is 10.3. The first-order chi connectivity index (χ1) is 27.7. The number of benzene rings is 4. The van der Waals surface area contributed by atoms with E-state index in [9.17, 15) is 0 Å². The molecular weight excluding hydrogens is 726 g/mol. The third-order valence-corrected chi connectivity index (χ3v) is 19.0. The Kier molecular flexibility index (Phi) is 13.9. The highest BCUT2D eigenvalue weighted by molar-refractivity contribution is 7.55. The topological polar surface area (TPSA) is 36.9 Å². The van der Waals surface area contributed by atoms with E-state index in [4.69, 9.17) is 18.5 Å². The highest BCUT2D eigenvalue weighted by atomic mass is 31.1. The maximum atomic E-state index is 7.92. The minimum atomic E-state index is -0.749. The largest absolute Gasteiger partial charge is 0.496 e. The van der Waals surface area contributed by atoms with Gasteiger partial charge >= 0.3 is 0 Å². The van der Waals surface area contributed by atoms with Crippen LogP contribution in [0.25, 0.3) is 33.4 Å². The number of rotatable bonds is 13. The van der Waals surface area contributed by atoms with Crippen LogP contribution in [0.3, 0.4) is 0 Å². The molecule has 0 aromatic heterocycles. The normalized spacial score (nSPS) is 19.3. The first-order valence-corrected chi connectivity index (χ1v) is 25.0. The van der Waals surface area contributed by atoms with E-state index < -0.39 is 16.3 Å². The van der Waals surface area contributed by atoms with Crippen LogP contribution >= 0.6 is 16.3 Å². The maximum absolute atomic E-state index is 7.92. The minimum absolute atomic E-state index is 0.614. The molecule has 4 aliphatic carbocycles. The summed E-state index contributed by atoms with van der Waals surface area (Å²) in [5.41, 5.74) is 9.01. The van der Waals surface area contributed by atoms with Gasteiger partial charge in [0.25, 0.3) is 0 Å². The van der Waals surface area contributed by atoms with Crippen LogP contribution in [-0.2, 0) is 0 Å². The van der Waals surface area contributed by atoms with E-state index >= 15 is 0 Å². The second-order valence-corrected chi connectivity index (χ2v) is 21.6. The zero-order chi connectivity index (χ0) is 38.1. The molecule has 4 aromatic carbocycles. The lowest BCUT2D eigenvalue weighted by molar-refractivity contribution is 0.405. The Bertz CT molecular complexity index is 1650. The lowest BCUT2D eigenvalue weighted by atomic mass is 9.92. The molecule has 4 aliphatic rings. The van der Waals surface area contributed by atoms with Crippen LogP contribution in [0, 0.1) is 0 Å². The predicted octanol–water partition coefficient (Wildman–Crippen LogP) is 15.6. The third-order valence-electron chi connectivity index (χ3n) is 13.2. The summed E-state index contributed by atoms with van der Waals surface area (Å²) in [6.45, 7) is 0. The highest BCUT2D eigenvalue weighted by Crippen LogP contribution is 2.64. The molecule has 0 saturated heterocycles. The molecular formula is C50H64O4P2. The van der Waals surface area contributed by atoms with Crippen LogP contribution in [0.4, 0.5) is 0 Å². The molecule has 4 aromatic rings. The lowest BCUT2D eigenvalue weighted by Crippen LogP contribution is -2.23. The number of ether oxygens (including phenoxy) is 2. The highest BCUT2D eigenvalue weighted by Gasteiger charge is 2.39. The Morgan fingerprint density at radius 3 is 0.964 bits per heavy atom. The van der Waals surface area contributed by atoms with E-state index in [0.717, 1.165) is 45.3 Å². The molecule has 0 aliphatic heterocycles. The van der Waals surface area contributed by atoms with Gasteiger partial charge in [-0.05, 0) is 86.8 Å². The summed E-state index contributed by atoms with van der Waals surface area (Å²) in [4.78, 5) is 0. The molecule has 8 rings (SSSR count). The standard InChI is InChI=1S/C50H64O4P2/c1-51-45-35-33-43(37-21-9-3-10-22-37)49(53-55(39-25-13-5-14-26-39)40-27-15-6-16-28-40)47(45)48-46(52-2)36-34-44(38-23-11-4-12-24-38)50(48)54-56(41-29-17-7-18-30-41)42-31-19-8-20-32-42/h3-4,9-12,21-24,33-36,39-42H,5-8,13-20,25-32H2,1-2H3. The first kappa shape index (κ1) is 39.8. The average Bonchev–Trinajstić information content (AvgIpc) is 3.28. The fourth-order valence-corrected chi connectivity index (χ4v) is 16.4. The predicted molar refractivity (Wildman–Crippen MR) is 238 cm³/mol. The Balaban J connectivity index is 1.37. The van der Waals surface area contributed by atoms with Crippen LogP contribution in [-0.4, -0.2) is 36.9 Å². The fraction of sp³-hybridized carbons (Fsp3) is 0.520. The van der Waals surface area contributed by atoms with Gasteiger partial charge in [0, 0.05) is 33.8 Å². The van der Waals surface area contributed by atoms with Crippen LogP contribution < -0.4 is 18.5 Å². The van der Waals surface area contributed by atoms with E-state index in [0.29, 0.717) is 22.6 Å². The van der Waals surface area contributed by atoms with Crippen molar-refractivity contribution in [3.8, 4) is 56.4 Å². The second-order valence-electron chi connectivity index (χ2n) is 16.8. The monoisotopic (exact) mass is 790 g/mol. The Morgan fingerprint density at radius 1 is 0.375 bits per heavy atom. The molecule has 0 spiro atoms. The lowest BCUT2D eigenvalue weighted by Gasteiger charge is -2.39. The molecule has 0 N–H and O–H groups in total. The van der Waals surface area contributed by atoms with Crippen LogP contribution in [0.15, 0.2) is 84.9 Å². The van der Waals surface area contributed by atoms with Crippen molar-refractivity contribution < 1.29 is 18.5 Å². The van der Waals surface area contributed by atoms with Gasteiger partial charge in [0.15, 0.2) is 0 Å². The molecule has 298 valence electrons. The zero-order valence-corrected chi connectivity index (χ0v) is 35.9. The van der Waals surface area contributed by atoms with Crippen molar-refractivity contribution in [2.75, 3.05) is 14.2 Å². The number of methoxy groups -OCH3 is 2. The summed E-state index contributed by atoms with van der Waals surface area (Å²) in [5.74, 6) is 3.53. The molecule has 0 atom stereocenters. The molecule has 0 amide bonds. The molecule has 0 heterocycles. The van der Waals surface area contributed by atoms with Gasteiger partial charge in [0.05, 0.1) is 41.6 Å². The zero-order valence-electron chi connectivity index (χ0n) is 34.1. The molecule has 0 unspecified atom stereocenters. The Morgan fingerprint density at radius 2 is 0.679 bits per heavy atom. The number of hydrogen-bond donors (Lipinski definition) is 0. The molecule has 0 radical (unpaired) electrons. The van der Waals surface area contributed by atoms with Crippen molar-refractivity contribution in [2.24, 2.45) is 0 Å². The van der Waals surface area contributed by atoms with Gasteiger partial charge in [-0.2, -0.15) is 0 Å². The Labute approximate surface area is 340 Å². The summed E-state index contributed by atoms with van der Waals surface area (Å²) in [6, 6.07) is 30.6. The van der Waals surface area contributed by atoms with E-state index in [1.54, 1.807) is 0 Å². The molecule has 6 heteroatoms. The third kappa shape index (κ3) is 8.98. The van der Waals surface area contributed by atoms with E-state index in [1.165, 1.54) is 140 Å². The van der Waals surface area contributed by atoms with Gasteiger partial charge in [-0.1, -0.05) is 138 Å². The molecule has 56 heavy (non-hydrogen) atoms. The van der Waals surface area contributed by atoms with Crippen molar-refractivity contribution in [3.05, 3.63) is 84.9 Å². The van der Waals surface area contributed by atoms with Gasteiger partial charge in [-0.25, -0.2) is 0 Å². The van der Waals surface area contributed by atoms with Crippen molar-refractivity contribution >= 4 is 16.3 Å². The quantitative estimate of drug-likeness (QED) is 0.126. The first-order valence-electron chi connectivity index (χ1n) is 22.2. The van der Waals surface area contributed by atoms with Gasteiger partial charge in [-0.3, -0.25) is 0 Å². The summed E-state index contributed by atoms with van der Waals surface area (Å²) in [7, 11) is 2.14. The smallest absolute Gasteiger partial charge is 0.142 e. The van der Waals surface area contributed by atoms with Crippen molar-refractivity contribution in [1.82, 2.24) is 0 Å². The summed E-state index contributed by atoms with van der Waals surface area (Å²) in [6.07, 6.45) is 26.1. The van der Waals surface area contributed by atoms with Crippen LogP contribution in [0.5, 0.6) is 23.0 Å². The SMILES string of the molecule is COc1ccc(-c2ccccc2)c(OP(C2CCCCC2)C2CCCCC2)c1-c1c(OC)ccc(-c2ccccc2)c1OP(C1CCCCC1)C1CCCCC1. The van der Waals surface area contributed by atoms with Gasteiger partial charge in [0.2, 0.25) is 0 Å². The maximum Gasteiger partial charge on any atom is 0.142 e. The van der Waals surface area contributed by atoms with Crippen molar-refractivity contribution in [1.29, 1.82) is 0 Å². The van der Waals surface area contributed by atoms with Crippen LogP contribution in [0.1, 0.15) is 128 Å². The van der Waals surface area contributed by atoms with Crippen molar-refractivity contribution in [2.45, 2.75) is 151 Å². The summed E-state index contributed by atoms with van der Waals surface area (Å²) < 4.78 is 28.8. The second kappa shape index (κ2) is 19.6. The van der Waals surface area contributed by atoms with Gasteiger partial charge in [-0.15, -0.1) is 0 Å². The van der Waals surface area contributed by atoms with Crippen LogP contribution in [0.2, 0.25) is 0 Å². The molecule has 4 nitrogen and oxygen atoms in total. The molecule has 4 fully saturated rings. The minimum Gasteiger partial charge on any atom is -0.496 e. The Hall–Kier alpha value is -3.06. The number of hydrogen-bond acceptors (Lipinski definition) is 4. The molecule has 0 bridgehead atoms. The summed E-state index contributed by atoms with van der Waals surface area (Å²) >= 11 is 0. The van der Waals surface area contributed by atoms with E-state index in [-0.39, 0.29) is 0 Å². The molecule has 4 saturated carbocycles. The van der Waals surface area contributed by atoms with Gasteiger partial charge < -0.3 is 18.5 Å².